The van der Waals surface area contributed by atoms with Crippen molar-refractivity contribution < 1.29 is 9.53 Å². The maximum atomic E-state index is 12.5. The van der Waals surface area contributed by atoms with Gasteiger partial charge < -0.3 is 10.1 Å². The SMILES string of the molecule is Cc1ccc(C(NC(=O)COc2ccc(Br)c(C)c2)c2ccccc2)cc1. The number of rotatable bonds is 6. The van der Waals surface area contributed by atoms with Crippen LogP contribution in [-0.2, 0) is 4.79 Å². The Hall–Kier alpha value is -2.59. The van der Waals surface area contributed by atoms with Gasteiger partial charge >= 0.3 is 0 Å². The zero-order valence-electron chi connectivity index (χ0n) is 15.4. The average molecular weight is 424 g/mol. The molecule has 0 aliphatic rings. The third kappa shape index (κ3) is 5.20. The Morgan fingerprint density at radius 1 is 0.963 bits per heavy atom. The Morgan fingerprint density at radius 2 is 1.63 bits per heavy atom. The number of ether oxygens (including phenoxy) is 1. The van der Waals surface area contributed by atoms with Crippen LogP contribution in [0, 0.1) is 13.8 Å². The summed E-state index contributed by atoms with van der Waals surface area (Å²) in [5.74, 6) is 0.516. The fraction of sp³-hybridized carbons (Fsp3) is 0.174. The summed E-state index contributed by atoms with van der Waals surface area (Å²) < 4.78 is 6.68. The lowest BCUT2D eigenvalue weighted by Crippen LogP contribution is -2.33. The van der Waals surface area contributed by atoms with Gasteiger partial charge in [0.15, 0.2) is 6.61 Å². The molecule has 0 heterocycles. The van der Waals surface area contributed by atoms with Crippen LogP contribution in [-0.4, -0.2) is 12.5 Å². The molecule has 4 heteroatoms. The first-order valence-electron chi connectivity index (χ1n) is 8.83. The van der Waals surface area contributed by atoms with E-state index in [1.165, 1.54) is 5.56 Å². The van der Waals surface area contributed by atoms with Gasteiger partial charge in [0.05, 0.1) is 6.04 Å². The van der Waals surface area contributed by atoms with Crippen molar-refractivity contribution in [1.29, 1.82) is 0 Å². The summed E-state index contributed by atoms with van der Waals surface area (Å²) in [5, 5.41) is 3.09. The number of halogens is 1. The topological polar surface area (TPSA) is 38.3 Å². The van der Waals surface area contributed by atoms with E-state index < -0.39 is 0 Å². The largest absolute Gasteiger partial charge is 0.484 e. The molecule has 0 saturated carbocycles. The first-order valence-corrected chi connectivity index (χ1v) is 9.62. The van der Waals surface area contributed by atoms with Crippen molar-refractivity contribution in [1.82, 2.24) is 5.32 Å². The van der Waals surface area contributed by atoms with Gasteiger partial charge in [0, 0.05) is 4.47 Å². The minimum absolute atomic E-state index is 0.0315. The van der Waals surface area contributed by atoms with Crippen LogP contribution in [0.1, 0.15) is 28.3 Å². The van der Waals surface area contributed by atoms with E-state index in [4.69, 9.17) is 4.74 Å². The fourth-order valence-corrected chi connectivity index (χ4v) is 3.07. The summed E-state index contributed by atoms with van der Waals surface area (Å²) >= 11 is 3.46. The van der Waals surface area contributed by atoms with Crippen molar-refractivity contribution in [2.45, 2.75) is 19.9 Å². The number of carbonyl (C=O) groups is 1. The van der Waals surface area contributed by atoms with Crippen LogP contribution in [0.25, 0.3) is 0 Å². The van der Waals surface area contributed by atoms with Crippen LogP contribution >= 0.6 is 15.9 Å². The summed E-state index contributed by atoms with van der Waals surface area (Å²) in [6.07, 6.45) is 0. The Balaban J connectivity index is 1.72. The molecule has 1 N–H and O–H groups in total. The van der Waals surface area contributed by atoms with Crippen LogP contribution in [0.4, 0.5) is 0 Å². The molecule has 1 unspecified atom stereocenters. The Labute approximate surface area is 168 Å². The Kier molecular flexibility index (Phi) is 6.30. The van der Waals surface area contributed by atoms with Crippen LogP contribution < -0.4 is 10.1 Å². The van der Waals surface area contributed by atoms with Gasteiger partial charge in [-0.1, -0.05) is 76.1 Å². The molecule has 27 heavy (non-hydrogen) atoms. The van der Waals surface area contributed by atoms with Crippen molar-refractivity contribution in [3.63, 3.8) is 0 Å². The van der Waals surface area contributed by atoms with Crippen molar-refractivity contribution in [3.05, 3.63) is 99.5 Å². The summed E-state index contributed by atoms with van der Waals surface area (Å²) in [4.78, 5) is 12.5. The van der Waals surface area contributed by atoms with E-state index in [-0.39, 0.29) is 18.6 Å². The lowest BCUT2D eigenvalue weighted by atomic mass is 9.98. The fourth-order valence-electron chi connectivity index (χ4n) is 2.82. The number of amides is 1. The lowest BCUT2D eigenvalue weighted by Gasteiger charge is -2.20. The van der Waals surface area contributed by atoms with Gasteiger partial charge in [-0.05, 0) is 48.7 Å². The van der Waals surface area contributed by atoms with Crippen molar-refractivity contribution in [3.8, 4) is 5.75 Å². The third-order valence-corrected chi connectivity index (χ3v) is 5.24. The molecular weight excluding hydrogens is 402 g/mol. The highest BCUT2D eigenvalue weighted by Gasteiger charge is 2.17. The number of hydrogen-bond acceptors (Lipinski definition) is 2. The van der Waals surface area contributed by atoms with Crippen molar-refractivity contribution >= 4 is 21.8 Å². The highest BCUT2D eigenvalue weighted by atomic mass is 79.9. The monoisotopic (exact) mass is 423 g/mol. The van der Waals surface area contributed by atoms with Crippen molar-refractivity contribution in [2.75, 3.05) is 6.61 Å². The number of hydrogen-bond donors (Lipinski definition) is 1. The molecule has 0 spiro atoms. The van der Waals surface area contributed by atoms with Gasteiger partial charge in [0.1, 0.15) is 5.75 Å². The second-order valence-electron chi connectivity index (χ2n) is 6.52. The maximum Gasteiger partial charge on any atom is 0.258 e. The quantitative estimate of drug-likeness (QED) is 0.579. The van der Waals surface area contributed by atoms with E-state index in [2.05, 4.69) is 33.4 Å². The molecule has 138 valence electrons. The van der Waals surface area contributed by atoms with Gasteiger partial charge in [0.2, 0.25) is 0 Å². The average Bonchev–Trinajstić information content (AvgIpc) is 2.68. The molecule has 1 amide bonds. The molecule has 0 radical (unpaired) electrons. The molecule has 0 bridgehead atoms. The molecule has 0 aliphatic carbocycles. The highest BCUT2D eigenvalue weighted by Crippen LogP contribution is 2.23. The summed E-state index contributed by atoms with van der Waals surface area (Å²) in [7, 11) is 0. The molecule has 3 aromatic rings. The van der Waals surface area contributed by atoms with Gasteiger partial charge in [-0.3, -0.25) is 4.79 Å². The van der Waals surface area contributed by atoms with E-state index in [9.17, 15) is 4.79 Å². The van der Waals surface area contributed by atoms with E-state index in [1.807, 2.05) is 74.5 Å². The predicted molar refractivity (Wildman–Crippen MR) is 112 cm³/mol. The van der Waals surface area contributed by atoms with E-state index in [1.54, 1.807) is 0 Å². The minimum atomic E-state index is -0.213. The first-order chi connectivity index (χ1) is 13.0. The van der Waals surface area contributed by atoms with Gasteiger partial charge in [-0.2, -0.15) is 0 Å². The van der Waals surface area contributed by atoms with E-state index in [0.717, 1.165) is 21.2 Å². The first kappa shape index (κ1) is 19.2. The Morgan fingerprint density at radius 3 is 2.30 bits per heavy atom. The predicted octanol–water partition coefficient (Wildman–Crippen LogP) is 5.35. The van der Waals surface area contributed by atoms with Gasteiger partial charge in [-0.25, -0.2) is 0 Å². The number of aryl methyl sites for hydroxylation is 2. The molecular formula is C23H22BrNO2. The van der Waals surface area contributed by atoms with E-state index in [0.29, 0.717) is 5.75 Å². The summed E-state index contributed by atoms with van der Waals surface area (Å²) in [6.45, 7) is 4.00. The standard InChI is InChI=1S/C23H22BrNO2/c1-16-8-10-19(11-9-16)23(18-6-4-3-5-7-18)25-22(26)15-27-20-12-13-21(24)17(2)14-20/h3-14,23H,15H2,1-2H3,(H,25,26). The maximum absolute atomic E-state index is 12.5. The minimum Gasteiger partial charge on any atom is -0.484 e. The van der Waals surface area contributed by atoms with Gasteiger partial charge in [-0.15, -0.1) is 0 Å². The molecule has 1 atom stereocenters. The van der Waals surface area contributed by atoms with Gasteiger partial charge in [0.25, 0.3) is 5.91 Å². The van der Waals surface area contributed by atoms with Crippen molar-refractivity contribution in [2.24, 2.45) is 0 Å². The molecule has 3 aromatic carbocycles. The number of carbonyl (C=O) groups excluding carboxylic acids is 1. The third-order valence-electron chi connectivity index (χ3n) is 4.35. The molecule has 3 rings (SSSR count). The second kappa shape index (κ2) is 8.87. The van der Waals surface area contributed by atoms with E-state index >= 15 is 0 Å². The zero-order valence-corrected chi connectivity index (χ0v) is 17.0. The highest BCUT2D eigenvalue weighted by molar-refractivity contribution is 9.10. The summed E-state index contributed by atoms with van der Waals surface area (Å²) in [6, 6.07) is 23.6. The number of nitrogens with one attached hydrogen (secondary N) is 1. The Bertz CT molecular complexity index is 907. The molecule has 0 aromatic heterocycles. The number of benzene rings is 3. The lowest BCUT2D eigenvalue weighted by molar-refractivity contribution is -0.123. The van der Waals surface area contributed by atoms with Crippen LogP contribution in [0.15, 0.2) is 77.3 Å². The molecule has 0 saturated heterocycles. The summed E-state index contributed by atoms with van der Waals surface area (Å²) in [5.41, 5.74) is 4.33. The molecule has 0 aliphatic heterocycles. The smallest absolute Gasteiger partial charge is 0.258 e. The zero-order chi connectivity index (χ0) is 19.2. The van der Waals surface area contributed by atoms with Crippen LogP contribution in [0.5, 0.6) is 5.75 Å². The van der Waals surface area contributed by atoms with Crippen LogP contribution in [0.3, 0.4) is 0 Å². The molecule has 0 fully saturated rings. The normalized spacial score (nSPS) is 11.7. The molecule has 3 nitrogen and oxygen atoms in total. The second-order valence-corrected chi connectivity index (χ2v) is 7.38. The van der Waals surface area contributed by atoms with Crippen LogP contribution in [0.2, 0.25) is 0 Å².